The molecule has 6 nitrogen and oxygen atoms in total. The Labute approximate surface area is 184 Å². The number of Topliss-reactive ketones (excluding diaryl/α,β-unsaturated/α-hetero) is 4. The lowest BCUT2D eigenvalue weighted by atomic mass is 9.73. The highest BCUT2D eigenvalue weighted by Crippen LogP contribution is 2.41. The fourth-order valence-corrected chi connectivity index (χ4v) is 4.45. The van der Waals surface area contributed by atoms with E-state index in [-0.39, 0.29) is 39.8 Å². The molecule has 0 aliphatic heterocycles. The number of allylic oxidation sites excluding steroid dienone is 2. The molecule has 0 bridgehead atoms. The number of rotatable bonds is 6. The molecule has 162 valence electrons. The van der Waals surface area contributed by atoms with Crippen molar-refractivity contribution in [2.45, 2.75) is 32.6 Å². The van der Waals surface area contributed by atoms with Crippen LogP contribution in [0, 0.1) is 5.92 Å². The van der Waals surface area contributed by atoms with Gasteiger partial charge in [-0.05, 0) is 6.42 Å². The Kier molecular flexibility index (Phi) is 5.61. The van der Waals surface area contributed by atoms with E-state index < -0.39 is 40.6 Å². The largest absolute Gasteiger partial charge is 0.507 e. The van der Waals surface area contributed by atoms with Gasteiger partial charge in [0.15, 0.2) is 0 Å². The van der Waals surface area contributed by atoms with Crippen molar-refractivity contribution in [1.82, 2.24) is 0 Å². The summed E-state index contributed by atoms with van der Waals surface area (Å²) in [6, 6.07) is 12.4. The zero-order chi connectivity index (χ0) is 23.0. The maximum Gasteiger partial charge on any atom is 0.234 e. The van der Waals surface area contributed by atoms with E-state index in [1.54, 1.807) is 24.3 Å². The van der Waals surface area contributed by atoms with E-state index in [9.17, 15) is 29.4 Å². The number of benzene rings is 2. The molecule has 0 amide bonds. The summed E-state index contributed by atoms with van der Waals surface area (Å²) in [4.78, 5) is 51.8. The maximum atomic E-state index is 13.1. The smallest absolute Gasteiger partial charge is 0.234 e. The van der Waals surface area contributed by atoms with Crippen LogP contribution >= 0.6 is 0 Å². The Morgan fingerprint density at radius 3 is 1.44 bits per heavy atom. The third kappa shape index (κ3) is 3.28. The van der Waals surface area contributed by atoms with Crippen LogP contribution in [0.2, 0.25) is 0 Å². The van der Waals surface area contributed by atoms with Crippen LogP contribution < -0.4 is 0 Å². The van der Waals surface area contributed by atoms with Crippen LogP contribution in [0.15, 0.2) is 59.7 Å². The van der Waals surface area contributed by atoms with E-state index in [0.29, 0.717) is 6.42 Å². The van der Waals surface area contributed by atoms with Crippen molar-refractivity contribution in [3.8, 4) is 0 Å². The number of hydrogen-bond acceptors (Lipinski definition) is 6. The predicted octanol–water partition coefficient (Wildman–Crippen LogP) is 4.65. The summed E-state index contributed by atoms with van der Waals surface area (Å²) in [5, 5.41) is 22.0. The van der Waals surface area contributed by atoms with Crippen LogP contribution in [-0.4, -0.2) is 33.3 Å². The number of fused-ring (bicyclic) bond motifs is 2. The Morgan fingerprint density at radius 1 is 0.625 bits per heavy atom. The van der Waals surface area contributed by atoms with Crippen LogP contribution in [-0.2, 0) is 9.59 Å². The van der Waals surface area contributed by atoms with Gasteiger partial charge < -0.3 is 10.2 Å². The van der Waals surface area contributed by atoms with Gasteiger partial charge in [-0.15, -0.1) is 0 Å². The highest BCUT2D eigenvalue weighted by molar-refractivity contribution is 6.54. The second kappa shape index (κ2) is 8.38. The van der Waals surface area contributed by atoms with Crippen LogP contribution in [0.1, 0.15) is 64.4 Å². The lowest BCUT2D eigenvalue weighted by Gasteiger charge is -2.28. The van der Waals surface area contributed by atoms with Crippen LogP contribution in [0.5, 0.6) is 0 Å². The molecule has 32 heavy (non-hydrogen) atoms. The summed E-state index contributed by atoms with van der Waals surface area (Å²) in [5.41, 5.74) is 0.0745. The van der Waals surface area contributed by atoms with Gasteiger partial charge in [-0.3, -0.25) is 19.2 Å². The molecule has 0 atom stereocenters. The van der Waals surface area contributed by atoms with Crippen molar-refractivity contribution in [3.05, 3.63) is 81.9 Å². The van der Waals surface area contributed by atoms with E-state index in [0.717, 1.165) is 12.8 Å². The number of ketones is 4. The quantitative estimate of drug-likeness (QED) is 0.510. The van der Waals surface area contributed by atoms with Crippen molar-refractivity contribution in [3.63, 3.8) is 0 Å². The van der Waals surface area contributed by atoms with E-state index in [1.165, 1.54) is 24.3 Å². The predicted molar refractivity (Wildman–Crippen MR) is 118 cm³/mol. The van der Waals surface area contributed by atoms with Gasteiger partial charge in [0.1, 0.15) is 11.5 Å². The summed E-state index contributed by atoms with van der Waals surface area (Å²) in [5.74, 6) is -5.31. The van der Waals surface area contributed by atoms with E-state index in [4.69, 9.17) is 0 Å². The molecule has 0 spiro atoms. The average Bonchev–Trinajstić information content (AvgIpc) is 2.81. The number of unbranched alkanes of at least 4 members (excludes halogenated alkanes) is 2. The van der Waals surface area contributed by atoms with Crippen molar-refractivity contribution in [2.75, 3.05) is 0 Å². The summed E-state index contributed by atoms with van der Waals surface area (Å²) < 4.78 is 0. The first-order chi connectivity index (χ1) is 15.4. The minimum Gasteiger partial charge on any atom is -0.507 e. The molecule has 2 aromatic carbocycles. The molecule has 0 radical (unpaired) electrons. The summed E-state index contributed by atoms with van der Waals surface area (Å²) in [7, 11) is 0. The van der Waals surface area contributed by atoms with Gasteiger partial charge >= 0.3 is 0 Å². The van der Waals surface area contributed by atoms with Crippen molar-refractivity contribution < 1.29 is 29.4 Å². The third-order valence-electron chi connectivity index (χ3n) is 6.06. The molecule has 2 aliphatic rings. The van der Waals surface area contributed by atoms with Crippen molar-refractivity contribution >= 4 is 34.7 Å². The molecule has 4 rings (SSSR count). The maximum absolute atomic E-state index is 13.1. The Hall–Kier alpha value is -3.80. The number of hydrogen-bond donors (Lipinski definition) is 2. The number of aliphatic hydroxyl groups is 2. The van der Waals surface area contributed by atoms with Gasteiger partial charge in [0.2, 0.25) is 23.1 Å². The van der Waals surface area contributed by atoms with Gasteiger partial charge in [0, 0.05) is 28.2 Å². The van der Waals surface area contributed by atoms with E-state index in [2.05, 4.69) is 0 Å². The molecule has 0 aromatic heterocycles. The zero-order valence-electron chi connectivity index (χ0n) is 17.6. The first-order valence-electron chi connectivity index (χ1n) is 10.6. The lowest BCUT2D eigenvalue weighted by molar-refractivity contribution is -0.113. The molecule has 6 heteroatoms. The molecule has 2 aromatic rings. The monoisotopic (exact) mass is 430 g/mol. The molecular formula is C26H22O6. The Morgan fingerprint density at radius 2 is 1.03 bits per heavy atom. The van der Waals surface area contributed by atoms with Gasteiger partial charge in [0.25, 0.3) is 0 Å². The standard InChI is InChI=1S/C26H22O6/c1-2-3-4-13-18(19-21(27)14-9-5-7-11-16(14)23(29)25(19)31)20-22(28)15-10-6-8-12-17(15)24(30)26(20)32/h5-12,18,27-28H,2-4,13H2,1H3. The fourth-order valence-electron chi connectivity index (χ4n) is 4.45. The highest BCUT2D eigenvalue weighted by Gasteiger charge is 2.43. The Bertz CT molecular complexity index is 1140. The van der Waals surface area contributed by atoms with Gasteiger partial charge in [-0.25, -0.2) is 0 Å². The zero-order valence-corrected chi connectivity index (χ0v) is 17.6. The number of carbonyl (C=O) groups excluding carboxylic acids is 4. The summed E-state index contributed by atoms with van der Waals surface area (Å²) in [6.07, 6.45) is 2.42. The van der Waals surface area contributed by atoms with Gasteiger partial charge in [0.05, 0.1) is 11.1 Å². The molecular weight excluding hydrogens is 408 g/mol. The molecule has 0 heterocycles. The first kappa shape index (κ1) is 21.4. The molecule has 0 fully saturated rings. The van der Waals surface area contributed by atoms with Gasteiger partial charge in [-0.2, -0.15) is 0 Å². The minimum absolute atomic E-state index is 0.0839. The van der Waals surface area contributed by atoms with Crippen LogP contribution in [0.4, 0.5) is 0 Å². The topological polar surface area (TPSA) is 109 Å². The SMILES string of the molecule is CCCCCC(C1=C(O)c2ccccc2C(=O)C1=O)C1=C(O)c2ccccc2C(=O)C1=O. The lowest BCUT2D eigenvalue weighted by Crippen LogP contribution is -2.34. The normalized spacial score (nSPS) is 16.1. The van der Waals surface area contributed by atoms with Gasteiger partial charge in [-0.1, -0.05) is 74.7 Å². The molecule has 0 saturated heterocycles. The minimum atomic E-state index is -1.09. The second-order valence-electron chi connectivity index (χ2n) is 7.98. The summed E-state index contributed by atoms with van der Waals surface area (Å²) in [6.45, 7) is 1.99. The average molecular weight is 430 g/mol. The highest BCUT2D eigenvalue weighted by atomic mass is 16.3. The molecule has 0 unspecified atom stereocenters. The second-order valence-corrected chi connectivity index (χ2v) is 7.98. The van der Waals surface area contributed by atoms with Crippen LogP contribution in [0.25, 0.3) is 11.5 Å². The first-order valence-corrected chi connectivity index (χ1v) is 10.6. The molecule has 2 N–H and O–H groups in total. The number of aliphatic hydroxyl groups excluding tert-OH is 2. The van der Waals surface area contributed by atoms with Crippen molar-refractivity contribution in [2.24, 2.45) is 5.92 Å². The summed E-state index contributed by atoms with van der Waals surface area (Å²) >= 11 is 0. The Balaban J connectivity index is 1.95. The van der Waals surface area contributed by atoms with E-state index >= 15 is 0 Å². The number of carbonyl (C=O) groups is 4. The van der Waals surface area contributed by atoms with Crippen LogP contribution in [0.3, 0.4) is 0 Å². The molecule has 0 saturated carbocycles. The van der Waals surface area contributed by atoms with Crippen molar-refractivity contribution in [1.29, 1.82) is 0 Å². The molecule has 2 aliphatic carbocycles. The third-order valence-corrected chi connectivity index (χ3v) is 6.06. The van der Waals surface area contributed by atoms with E-state index in [1.807, 2.05) is 6.92 Å². The fraction of sp³-hybridized carbons (Fsp3) is 0.231.